The zero-order chi connectivity index (χ0) is 17.6. The summed E-state index contributed by atoms with van der Waals surface area (Å²) in [6.07, 6.45) is -4.48. The van der Waals surface area contributed by atoms with Crippen molar-refractivity contribution >= 4 is 17.7 Å². The highest BCUT2D eigenvalue weighted by Gasteiger charge is 2.30. The second-order valence-electron chi connectivity index (χ2n) is 4.82. The molecule has 0 heterocycles. The van der Waals surface area contributed by atoms with E-state index in [-0.39, 0.29) is 24.6 Å². The number of alkyl halides is 3. The molecule has 0 spiro atoms. The smallest absolute Gasteiger partial charge is 0.347 e. The molecule has 0 fully saturated rings. The number of carbonyl (C=O) groups excluding carboxylic acids is 3. The summed E-state index contributed by atoms with van der Waals surface area (Å²) in [5, 5.41) is 4.56. The van der Waals surface area contributed by atoms with Gasteiger partial charge in [-0.15, -0.1) is 0 Å². The van der Waals surface area contributed by atoms with Crippen LogP contribution in [0.25, 0.3) is 0 Å². The number of hydrogen-bond acceptors (Lipinski definition) is 3. The van der Waals surface area contributed by atoms with Crippen molar-refractivity contribution in [2.45, 2.75) is 6.18 Å². The van der Waals surface area contributed by atoms with E-state index in [1.165, 1.54) is 19.0 Å². The van der Waals surface area contributed by atoms with Gasteiger partial charge in [-0.05, 0) is 24.3 Å². The van der Waals surface area contributed by atoms with Gasteiger partial charge in [0.15, 0.2) is 0 Å². The van der Waals surface area contributed by atoms with Crippen LogP contribution < -0.4 is 10.6 Å². The van der Waals surface area contributed by atoms with E-state index in [9.17, 15) is 27.6 Å². The fourth-order valence-electron chi connectivity index (χ4n) is 1.47. The summed E-state index contributed by atoms with van der Waals surface area (Å²) < 4.78 is 37.2. The van der Waals surface area contributed by atoms with Crippen LogP contribution in [-0.2, 0) is 15.8 Å². The average molecular weight is 331 g/mol. The maximum atomic E-state index is 12.4. The molecule has 9 heteroatoms. The highest BCUT2D eigenvalue weighted by molar-refractivity contribution is 5.96. The summed E-state index contributed by atoms with van der Waals surface area (Å²) in [5.74, 6) is -1.58. The number of rotatable bonds is 5. The molecule has 0 radical (unpaired) electrons. The third-order valence-electron chi connectivity index (χ3n) is 2.82. The van der Waals surface area contributed by atoms with Crippen molar-refractivity contribution in [1.29, 1.82) is 0 Å². The first-order chi connectivity index (χ1) is 10.6. The van der Waals surface area contributed by atoms with Gasteiger partial charge in [-0.3, -0.25) is 14.4 Å². The van der Waals surface area contributed by atoms with E-state index in [4.69, 9.17) is 0 Å². The Kier molecular flexibility index (Phi) is 6.11. The molecule has 1 aromatic rings. The molecule has 2 N–H and O–H groups in total. The minimum Gasteiger partial charge on any atom is -0.347 e. The lowest BCUT2D eigenvalue weighted by molar-refractivity contribution is -0.137. The number of halogens is 3. The number of benzene rings is 1. The number of nitrogens with one attached hydrogen (secondary N) is 2. The van der Waals surface area contributed by atoms with Crippen LogP contribution in [0.1, 0.15) is 15.9 Å². The molecule has 0 saturated heterocycles. The van der Waals surface area contributed by atoms with Crippen molar-refractivity contribution in [2.75, 3.05) is 27.2 Å². The lowest BCUT2D eigenvalue weighted by Crippen LogP contribution is -2.41. The SMILES string of the molecule is CN(C)C(=O)CNC(=O)CNC(=O)c1ccc(C(F)(F)F)cc1. The molecule has 1 rings (SSSR count). The maximum Gasteiger partial charge on any atom is 0.416 e. The molecule has 0 bridgehead atoms. The number of amides is 3. The highest BCUT2D eigenvalue weighted by atomic mass is 19.4. The Morgan fingerprint density at radius 1 is 1.00 bits per heavy atom. The predicted molar refractivity (Wildman–Crippen MR) is 75.5 cm³/mol. The minimum absolute atomic E-state index is 0.00447. The van der Waals surface area contributed by atoms with Gasteiger partial charge in [0.1, 0.15) is 0 Å². The summed E-state index contributed by atoms with van der Waals surface area (Å²) in [5.41, 5.74) is -0.871. The van der Waals surface area contributed by atoms with Crippen LogP contribution in [0.4, 0.5) is 13.2 Å². The molecule has 6 nitrogen and oxygen atoms in total. The van der Waals surface area contributed by atoms with Gasteiger partial charge in [0.05, 0.1) is 18.7 Å². The molecule has 3 amide bonds. The first-order valence-corrected chi connectivity index (χ1v) is 6.53. The van der Waals surface area contributed by atoms with Gasteiger partial charge in [-0.1, -0.05) is 0 Å². The molecule has 0 aliphatic heterocycles. The normalized spacial score (nSPS) is 10.8. The van der Waals surface area contributed by atoms with Gasteiger partial charge in [-0.25, -0.2) is 0 Å². The Balaban J connectivity index is 2.47. The topological polar surface area (TPSA) is 78.5 Å². The molecule has 0 aliphatic rings. The second-order valence-corrected chi connectivity index (χ2v) is 4.82. The summed E-state index contributed by atoms with van der Waals surface area (Å²) in [6.45, 7) is -0.595. The van der Waals surface area contributed by atoms with E-state index >= 15 is 0 Å². The third kappa shape index (κ3) is 5.97. The first kappa shape index (κ1) is 18.5. The van der Waals surface area contributed by atoms with Crippen molar-refractivity contribution in [3.8, 4) is 0 Å². The lowest BCUT2D eigenvalue weighted by atomic mass is 10.1. The van der Waals surface area contributed by atoms with Crippen LogP contribution in [0, 0.1) is 0 Å². The molecular formula is C14H16F3N3O3. The van der Waals surface area contributed by atoms with Crippen molar-refractivity contribution in [3.05, 3.63) is 35.4 Å². The van der Waals surface area contributed by atoms with Gasteiger partial charge in [0, 0.05) is 19.7 Å². The molecule has 0 aliphatic carbocycles. The third-order valence-corrected chi connectivity index (χ3v) is 2.82. The Morgan fingerprint density at radius 3 is 2.04 bits per heavy atom. The molecule has 126 valence electrons. The van der Waals surface area contributed by atoms with E-state index in [2.05, 4.69) is 10.6 Å². The Bertz CT molecular complexity index is 583. The number of likely N-dealkylation sites (N-methyl/N-ethyl adjacent to an activating group) is 1. The van der Waals surface area contributed by atoms with Crippen LogP contribution in [0.5, 0.6) is 0 Å². The highest BCUT2D eigenvalue weighted by Crippen LogP contribution is 2.28. The number of hydrogen-bond donors (Lipinski definition) is 2. The standard InChI is InChI=1S/C14H16F3N3O3/c1-20(2)12(22)8-18-11(21)7-19-13(23)9-3-5-10(6-4-9)14(15,16)17/h3-6H,7-8H2,1-2H3,(H,18,21)(H,19,23). The molecule has 23 heavy (non-hydrogen) atoms. The van der Waals surface area contributed by atoms with E-state index < -0.39 is 23.6 Å². The fraction of sp³-hybridized carbons (Fsp3) is 0.357. The minimum atomic E-state index is -4.48. The van der Waals surface area contributed by atoms with Gasteiger partial charge in [0.2, 0.25) is 11.8 Å². The monoisotopic (exact) mass is 331 g/mol. The largest absolute Gasteiger partial charge is 0.416 e. The summed E-state index contributed by atoms with van der Waals surface area (Å²) >= 11 is 0. The maximum absolute atomic E-state index is 12.4. The zero-order valence-corrected chi connectivity index (χ0v) is 12.5. The molecule has 0 atom stereocenters. The van der Waals surface area contributed by atoms with Crippen LogP contribution in [-0.4, -0.2) is 49.8 Å². The Morgan fingerprint density at radius 2 is 1.57 bits per heavy atom. The quantitative estimate of drug-likeness (QED) is 0.831. The summed E-state index contributed by atoms with van der Waals surface area (Å²) in [4.78, 5) is 35.7. The van der Waals surface area contributed by atoms with Gasteiger partial charge in [-0.2, -0.15) is 13.2 Å². The van der Waals surface area contributed by atoms with Crippen molar-refractivity contribution in [2.24, 2.45) is 0 Å². The number of carbonyl (C=O) groups is 3. The van der Waals surface area contributed by atoms with E-state index in [0.717, 1.165) is 24.3 Å². The summed E-state index contributed by atoms with van der Waals surface area (Å²) in [7, 11) is 3.06. The van der Waals surface area contributed by atoms with Crippen molar-refractivity contribution in [1.82, 2.24) is 15.5 Å². The van der Waals surface area contributed by atoms with Gasteiger partial charge >= 0.3 is 6.18 Å². The van der Waals surface area contributed by atoms with Crippen molar-refractivity contribution < 1.29 is 27.6 Å². The second kappa shape index (κ2) is 7.61. The molecule has 0 saturated carbocycles. The molecule has 0 aromatic heterocycles. The van der Waals surface area contributed by atoms with Crippen LogP contribution >= 0.6 is 0 Å². The molecule has 0 unspecified atom stereocenters. The van der Waals surface area contributed by atoms with E-state index in [0.29, 0.717) is 0 Å². The molecular weight excluding hydrogens is 315 g/mol. The van der Waals surface area contributed by atoms with Gasteiger partial charge < -0.3 is 15.5 Å². The molecule has 1 aromatic carbocycles. The lowest BCUT2D eigenvalue weighted by Gasteiger charge is -2.11. The van der Waals surface area contributed by atoms with E-state index in [1.54, 1.807) is 0 Å². The van der Waals surface area contributed by atoms with Crippen molar-refractivity contribution in [3.63, 3.8) is 0 Å². The Labute approximate surface area is 130 Å². The zero-order valence-electron chi connectivity index (χ0n) is 12.5. The summed E-state index contributed by atoms with van der Waals surface area (Å²) in [6, 6.07) is 3.60. The Hall–Kier alpha value is -2.58. The van der Waals surface area contributed by atoms with Crippen LogP contribution in [0.15, 0.2) is 24.3 Å². The van der Waals surface area contributed by atoms with Gasteiger partial charge in [0.25, 0.3) is 5.91 Å². The number of nitrogens with zero attached hydrogens (tertiary/aromatic N) is 1. The predicted octanol–water partition coefficient (Wildman–Crippen LogP) is 0.640. The van der Waals surface area contributed by atoms with Crippen LogP contribution in [0.2, 0.25) is 0 Å². The fourth-order valence-corrected chi connectivity index (χ4v) is 1.47. The van der Waals surface area contributed by atoms with E-state index in [1.807, 2.05) is 0 Å². The first-order valence-electron chi connectivity index (χ1n) is 6.53. The van der Waals surface area contributed by atoms with Crippen LogP contribution in [0.3, 0.4) is 0 Å². The average Bonchev–Trinajstić information content (AvgIpc) is 2.49.